The van der Waals surface area contributed by atoms with E-state index >= 15 is 0 Å². The molecular weight excluding hydrogens is 272 g/mol. The molecule has 0 aliphatic carbocycles. The third-order valence-corrected chi connectivity index (χ3v) is 3.86. The first-order valence-corrected chi connectivity index (χ1v) is 6.92. The highest BCUT2D eigenvalue weighted by molar-refractivity contribution is 5.76. The number of nitro groups is 1. The number of primary amides is 1. The molecule has 1 aromatic rings. The molecule has 0 bridgehead atoms. The summed E-state index contributed by atoms with van der Waals surface area (Å²) in [6.07, 6.45) is 0. The van der Waals surface area contributed by atoms with E-state index in [1.807, 2.05) is 23.6 Å². The van der Waals surface area contributed by atoms with Gasteiger partial charge < -0.3 is 10.6 Å². The van der Waals surface area contributed by atoms with E-state index in [0.29, 0.717) is 18.8 Å². The molecule has 1 saturated heterocycles. The molecule has 21 heavy (non-hydrogen) atoms. The Hall–Kier alpha value is -2.15. The lowest BCUT2D eigenvalue weighted by molar-refractivity contribution is -0.384. The van der Waals surface area contributed by atoms with Crippen LogP contribution in [-0.2, 0) is 4.79 Å². The predicted octanol–water partition coefficient (Wildman–Crippen LogP) is 0.979. The minimum atomic E-state index is -0.361. The molecule has 0 spiro atoms. The normalized spacial score (nSPS) is 23.0. The van der Waals surface area contributed by atoms with Gasteiger partial charge in [-0.25, -0.2) is 0 Å². The Kier molecular flexibility index (Phi) is 4.42. The van der Waals surface area contributed by atoms with Gasteiger partial charge in [0, 0.05) is 31.2 Å². The fourth-order valence-corrected chi connectivity index (χ4v) is 2.93. The Labute approximate surface area is 123 Å². The molecule has 1 amide bonds. The number of benzene rings is 1. The van der Waals surface area contributed by atoms with Crippen molar-refractivity contribution in [3.05, 3.63) is 34.4 Å². The van der Waals surface area contributed by atoms with Crippen LogP contribution in [0.3, 0.4) is 0 Å². The van der Waals surface area contributed by atoms with Crippen LogP contribution in [-0.4, -0.2) is 47.4 Å². The maximum atomic E-state index is 11.1. The molecule has 0 saturated carbocycles. The van der Waals surface area contributed by atoms with Crippen LogP contribution >= 0.6 is 0 Å². The van der Waals surface area contributed by atoms with Gasteiger partial charge in [-0.1, -0.05) is 12.1 Å². The molecule has 1 fully saturated rings. The summed E-state index contributed by atoms with van der Waals surface area (Å²) in [5.74, 6) is -0.354. The standard InChI is InChI=1S/C14H20N4O3/c1-10-7-16(8-11(2)17(10)9-14(15)19)12-5-3-4-6-13(12)18(20)21/h3-6,10-11H,7-9H2,1-2H3,(H2,15,19)/t10-,11+. The van der Waals surface area contributed by atoms with Crippen molar-refractivity contribution >= 4 is 17.3 Å². The molecule has 7 nitrogen and oxygen atoms in total. The van der Waals surface area contributed by atoms with Gasteiger partial charge in [0.1, 0.15) is 5.69 Å². The number of carbonyl (C=O) groups is 1. The molecule has 0 aromatic heterocycles. The summed E-state index contributed by atoms with van der Waals surface area (Å²) in [5.41, 5.74) is 6.01. The monoisotopic (exact) mass is 292 g/mol. The zero-order chi connectivity index (χ0) is 15.6. The fraction of sp³-hybridized carbons (Fsp3) is 0.500. The first kappa shape index (κ1) is 15.2. The van der Waals surface area contributed by atoms with Gasteiger partial charge in [0.15, 0.2) is 0 Å². The number of para-hydroxylation sites is 2. The largest absolute Gasteiger partial charge is 0.369 e. The molecule has 1 aliphatic rings. The van der Waals surface area contributed by atoms with E-state index in [4.69, 9.17) is 5.73 Å². The number of hydrogen-bond donors (Lipinski definition) is 1. The van der Waals surface area contributed by atoms with Crippen molar-refractivity contribution in [3.63, 3.8) is 0 Å². The Morgan fingerprint density at radius 1 is 1.33 bits per heavy atom. The summed E-state index contributed by atoms with van der Waals surface area (Å²) >= 11 is 0. The second kappa shape index (κ2) is 6.09. The Balaban J connectivity index is 2.21. The average molecular weight is 292 g/mol. The highest BCUT2D eigenvalue weighted by Gasteiger charge is 2.32. The summed E-state index contributed by atoms with van der Waals surface area (Å²) in [6.45, 7) is 5.47. The zero-order valence-electron chi connectivity index (χ0n) is 12.2. The summed E-state index contributed by atoms with van der Waals surface area (Å²) < 4.78 is 0. The van der Waals surface area contributed by atoms with Gasteiger partial charge in [0.05, 0.1) is 11.5 Å². The fourth-order valence-electron chi connectivity index (χ4n) is 2.93. The van der Waals surface area contributed by atoms with E-state index in [9.17, 15) is 14.9 Å². The van der Waals surface area contributed by atoms with Gasteiger partial charge in [0.25, 0.3) is 5.69 Å². The maximum Gasteiger partial charge on any atom is 0.292 e. The van der Waals surface area contributed by atoms with Gasteiger partial charge >= 0.3 is 0 Å². The second-order valence-electron chi connectivity index (χ2n) is 5.49. The van der Waals surface area contributed by atoms with Crippen LogP contribution in [0, 0.1) is 10.1 Å². The summed E-state index contributed by atoms with van der Waals surface area (Å²) in [7, 11) is 0. The minimum absolute atomic E-state index is 0.0982. The van der Waals surface area contributed by atoms with Crippen molar-refractivity contribution in [1.82, 2.24) is 4.90 Å². The highest BCUT2D eigenvalue weighted by atomic mass is 16.6. The van der Waals surface area contributed by atoms with Gasteiger partial charge in [-0.05, 0) is 19.9 Å². The topological polar surface area (TPSA) is 92.7 Å². The molecule has 1 aliphatic heterocycles. The quantitative estimate of drug-likeness (QED) is 0.659. The van der Waals surface area contributed by atoms with Crippen LogP contribution in [0.5, 0.6) is 0 Å². The third-order valence-electron chi connectivity index (χ3n) is 3.86. The number of nitro benzene ring substituents is 1. The van der Waals surface area contributed by atoms with Crippen LogP contribution in [0.1, 0.15) is 13.8 Å². The molecule has 0 radical (unpaired) electrons. The van der Waals surface area contributed by atoms with Gasteiger partial charge in [-0.3, -0.25) is 19.8 Å². The van der Waals surface area contributed by atoms with E-state index in [-0.39, 0.29) is 35.1 Å². The zero-order valence-corrected chi connectivity index (χ0v) is 12.2. The Morgan fingerprint density at radius 2 is 1.90 bits per heavy atom. The highest BCUT2D eigenvalue weighted by Crippen LogP contribution is 2.30. The van der Waals surface area contributed by atoms with Crippen molar-refractivity contribution in [3.8, 4) is 0 Å². The molecule has 1 heterocycles. The van der Waals surface area contributed by atoms with Crippen molar-refractivity contribution < 1.29 is 9.72 Å². The van der Waals surface area contributed by atoms with Crippen LogP contribution in [0.2, 0.25) is 0 Å². The summed E-state index contributed by atoms with van der Waals surface area (Å²) in [5, 5.41) is 11.1. The third kappa shape index (κ3) is 3.30. The van der Waals surface area contributed by atoms with E-state index in [0.717, 1.165) is 0 Å². The predicted molar refractivity (Wildman–Crippen MR) is 80.1 cm³/mol. The van der Waals surface area contributed by atoms with E-state index in [1.165, 1.54) is 6.07 Å². The van der Waals surface area contributed by atoms with Gasteiger partial charge in [0.2, 0.25) is 5.91 Å². The number of nitrogens with zero attached hydrogens (tertiary/aromatic N) is 3. The number of hydrogen-bond acceptors (Lipinski definition) is 5. The van der Waals surface area contributed by atoms with E-state index < -0.39 is 0 Å². The second-order valence-corrected chi connectivity index (χ2v) is 5.49. The van der Waals surface area contributed by atoms with Crippen molar-refractivity contribution in [2.24, 2.45) is 5.73 Å². The number of anilines is 1. The SMILES string of the molecule is C[C@@H]1CN(c2ccccc2[N+](=O)[O-])C[C@H](C)N1CC(N)=O. The van der Waals surface area contributed by atoms with Crippen LogP contribution in [0.25, 0.3) is 0 Å². The number of rotatable bonds is 4. The molecule has 2 atom stereocenters. The lowest BCUT2D eigenvalue weighted by Crippen LogP contribution is -2.58. The average Bonchev–Trinajstić information content (AvgIpc) is 2.42. The van der Waals surface area contributed by atoms with E-state index in [2.05, 4.69) is 0 Å². The number of piperazine rings is 1. The van der Waals surface area contributed by atoms with Gasteiger partial charge in [-0.2, -0.15) is 0 Å². The van der Waals surface area contributed by atoms with Crippen LogP contribution in [0.4, 0.5) is 11.4 Å². The Bertz CT molecular complexity index is 537. The number of amides is 1. The smallest absolute Gasteiger partial charge is 0.292 e. The molecule has 1 aromatic carbocycles. The van der Waals surface area contributed by atoms with Crippen molar-refractivity contribution in [1.29, 1.82) is 0 Å². The van der Waals surface area contributed by atoms with Crippen LogP contribution in [0.15, 0.2) is 24.3 Å². The molecule has 7 heteroatoms. The lowest BCUT2D eigenvalue weighted by Gasteiger charge is -2.44. The lowest BCUT2D eigenvalue weighted by atomic mass is 10.1. The molecular formula is C14H20N4O3. The van der Waals surface area contributed by atoms with Crippen molar-refractivity contribution in [2.75, 3.05) is 24.5 Å². The Morgan fingerprint density at radius 3 is 2.43 bits per heavy atom. The molecule has 2 rings (SSSR count). The first-order valence-electron chi connectivity index (χ1n) is 6.92. The molecule has 0 unspecified atom stereocenters. The van der Waals surface area contributed by atoms with Crippen LogP contribution < -0.4 is 10.6 Å². The van der Waals surface area contributed by atoms with E-state index in [1.54, 1.807) is 18.2 Å². The molecule has 2 N–H and O–H groups in total. The van der Waals surface area contributed by atoms with Crippen molar-refractivity contribution in [2.45, 2.75) is 25.9 Å². The first-order chi connectivity index (χ1) is 9.90. The summed E-state index contributed by atoms with van der Waals surface area (Å²) in [6, 6.07) is 6.94. The molecule has 114 valence electrons. The minimum Gasteiger partial charge on any atom is -0.369 e. The number of nitrogens with two attached hydrogens (primary N) is 1. The van der Waals surface area contributed by atoms with Gasteiger partial charge in [-0.15, -0.1) is 0 Å². The summed E-state index contributed by atoms with van der Waals surface area (Å²) in [4.78, 5) is 26.0. The maximum absolute atomic E-state index is 11.1. The number of carbonyl (C=O) groups excluding carboxylic acids is 1.